The Balaban J connectivity index is 1.75. The zero-order chi connectivity index (χ0) is 14.9. The van der Waals surface area contributed by atoms with Crippen LogP contribution < -0.4 is 10.1 Å². The molecule has 0 heterocycles. The number of rotatable bonds is 8. The molecule has 0 aromatic heterocycles. The largest absolute Gasteiger partial charge is 0.494 e. The van der Waals surface area contributed by atoms with Gasteiger partial charge in [0.1, 0.15) is 5.75 Å². The first-order chi connectivity index (χ1) is 10.3. The van der Waals surface area contributed by atoms with Crippen molar-refractivity contribution < 1.29 is 4.74 Å². The molecule has 0 radical (unpaired) electrons. The molecular formula is C18H22ClNO. The van der Waals surface area contributed by atoms with Crippen molar-refractivity contribution in [1.29, 1.82) is 0 Å². The Morgan fingerprint density at radius 2 is 1.86 bits per heavy atom. The number of halogens is 1. The van der Waals surface area contributed by atoms with Crippen LogP contribution in [-0.4, -0.2) is 13.2 Å². The predicted octanol–water partition coefficient (Wildman–Crippen LogP) is 4.46. The Labute approximate surface area is 132 Å². The van der Waals surface area contributed by atoms with Gasteiger partial charge in [0.15, 0.2) is 0 Å². The molecule has 0 saturated heterocycles. The van der Waals surface area contributed by atoms with Crippen LogP contribution >= 0.6 is 11.6 Å². The van der Waals surface area contributed by atoms with Gasteiger partial charge in [0.2, 0.25) is 0 Å². The quantitative estimate of drug-likeness (QED) is 0.727. The van der Waals surface area contributed by atoms with Gasteiger partial charge in [-0.2, -0.15) is 0 Å². The molecule has 3 heteroatoms. The average Bonchev–Trinajstić information content (AvgIpc) is 2.50. The first-order valence-corrected chi connectivity index (χ1v) is 7.82. The summed E-state index contributed by atoms with van der Waals surface area (Å²) < 4.78 is 5.64. The van der Waals surface area contributed by atoms with Crippen molar-refractivity contribution in [3.05, 3.63) is 64.7 Å². The van der Waals surface area contributed by atoms with E-state index >= 15 is 0 Å². The molecule has 2 aromatic carbocycles. The van der Waals surface area contributed by atoms with E-state index in [1.165, 1.54) is 11.1 Å². The molecule has 0 unspecified atom stereocenters. The van der Waals surface area contributed by atoms with Gasteiger partial charge in [-0.05, 0) is 54.8 Å². The summed E-state index contributed by atoms with van der Waals surface area (Å²) >= 11 is 5.98. The van der Waals surface area contributed by atoms with Gasteiger partial charge < -0.3 is 10.1 Å². The van der Waals surface area contributed by atoms with Gasteiger partial charge in [0, 0.05) is 11.6 Å². The van der Waals surface area contributed by atoms with Crippen LogP contribution in [0.25, 0.3) is 0 Å². The summed E-state index contributed by atoms with van der Waals surface area (Å²) in [6, 6.07) is 16.3. The number of hydrogen-bond donors (Lipinski definition) is 1. The van der Waals surface area contributed by atoms with Crippen molar-refractivity contribution in [1.82, 2.24) is 5.32 Å². The van der Waals surface area contributed by atoms with Crippen LogP contribution in [0.1, 0.15) is 24.5 Å². The standard InChI is InChI=1S/C18H22ClNO/c1-2-11-21-18-8-4-6-16(13-18)14-20-10-9-15-5-3-7-17(19)12-15/h3-8,12-13,20H,2,9-11,14H2,1H3. The highest BCUT2D eigenvalue weighted by Gasteiger charge is 1.98. The Morgan fingerprint density at radius 1 is 1.05 bits per heavy atom. The third-order valence-electron chi connectivity index (χ3n) is 3.18. The van der Waals surface area contributed by atoms with Gasteiger partial charge in [0.25, 0.3) is 0 Å². The van der Waals surface area contributed by atoms with Crippen molar-refractivity contribution >= 4 is 11.6 Å². The van der Waals surface area contributed by atoms with Gasteiger partial charge in [-0.15, -0.1) is 0 Å². The van der Waals surface area contributed by atoms with Crippen molar-refractivity contribution in [2.75, 3.05) is 13.2 Å². The second kappa shape index (κ2) is 8.71. The molecule has 0 aliphatic rings. The van der Waals surface area contributed by atoms with Crippen LogP contribution in [0.3, 0.4) is 0 Å². The zero-order valence-electron chi connectivity index (χ0n) is 12.4. The molecule has 0 atom stereocenters. The van der Waals surface area contributed by atoms with Crippen LogP contribution in [-0.2, 0) is 13.0 Å². The Kier molecular flexibility index (Phi) is 6.58. The molecule has 2 aromatic rings. The van der Waals surface area contributed by atoms with E-state index in [1.54, 1.807) is 0 Å². The molecule has 0 bridgehead atoms. The van der Waals surface area contributed by atoms with E-state index in [1.807, 2.05) is 30.3 Å². The maximum atomic E-state index is 5.98. The average molecular weight is 304 g/mol. The summed E-state index contributed by atoms with van der Waals surface area (Å²) in [6.45, 7) is 4.66. The van der Waals surface area contributed by atoms with Crippen molar-refractivity contribution in [3.63, 3.8) is 0 Å². The molecule has 2 nitrogen and oxygen atoms in total. The summed E-state index contributed by atoms with van der Waals surface area (Å²) in [5.74, 6) is 0.950. The van der Waals surface area contributed by atoms with Gasteiger partial charge in [-0.3, -0.25) is 0 Å². The second-order valence-electron chi connectivity index (χ2n) is 5.05. The van der Waals surface area contributed by atoms with Crippen molar-refractivity contribution in [2.45, 2.75) is 26.3 Å². The molecular weight excluding hydrogens is 282 g/mol. The maximum Gasteiger partial charge on any atom is 0.119 e. The smallest absolute Gasteiger partial charge is 0.119 e. The topological polar surface area (TPSA) is 21.3 Å². The number of hydrogen-bond acceptors (Lipinski definition) is 2. The minimum Gasteiger partial charge on any atom is -0.494 e. The first-order valence-electron chi connectivity index (χ1n) is 7.45. The fourth-order valence-corrected chi connectivity index (χ4v) is 2.34. The van der Waals surface area contributed by atoms with Crippen LogP contribution in [0.2, 0.25) is 5.02 Å². The van der Waals surface area contributed by atoms with Crippen molar-refractivity contribution in [2.24, 2.45) is 0 Å². The molecule has 0 aliphatic heterocycles. The van der Waals surface area contributed by atoms with E-state index in [4.69, 9.17) is 16.3 Å². The highest BCUT2D eigenvalue weighted by Crippen LogP contribution is 2.14. The number of ether oxygens (including phenoxy) is 1. The predicted molar refractivity (Wildman–Crippen MR) is 89.1 cm³/mol. The lowest BCUT2D eigenvalue weighted by atomic mass is 10.1. The number of benzene rings is 2. The van der Waals surface area contributed by atoms with Crippen LogP contribution in [0, 0.1) is 0 Å². The van der Waals surface area contributed by atoms with E-state index < -0.39 is 0 Å². The lowest BCUT2D eigenvalue weighted by Gasteiger charge is -2.08. The van der Waals surface area contributed by atoms with Gasteiger partial charge >= 0.3 is 0 Å². The summed E-state index contributed by atoms with van der Waals surface area (Å²) in [5, 5.41) is 4.25. The normalized spacial score (nSPS) is 10.6. The van der Waals surface area contributed by atoms with Crippen LogP contribution in [0.5, 0.6) is 5.75 Å². The van der Waals surface area contributed by atoms with E-state index in [0.29, 0.717) is 0 Å². The van der Waals surface area contributed by atoms with Gasteiger partial charge in [-0.25, -0.2) is 0 Å². The molecule has 2 rings (SSSR count). The molecule has 1 N–H and O–H groups in total. The summed E-state index contributed by atoms with van der Waals surface area (Å²) in [4.78, 5) is 0. The monoisotopic (exact) mass is 303 g/mol. The minimum absolute atomic E-state index is 0.769. The molecule has 0 aliphatic carbocycles. The number of nitrogens with one attached hydrogen (secondary N) is 1. The lowest BCUT2D eigenvalue weighted by Crippen LogP contribution is -2.16. The zero-order valence-corrected chi connectivity index (χ0v) is 13.2. The van der Waals surface area contributed by atoms with Gasteiger partial charge in [-0.1, -0.05) is 42.8 Å². The maximum absolute atomic E-state index is 5.98. The molecule has 112 valence electrons. The molecule has 0 saturated carbocycles. The van der Waals surface area contributed by atoms with Crippen LogP contribution in [0.4, 0.5) is 0 Å². The minimum atomic E-state index is 0.769. The summed E-state index contributed by atoms with van der Waals surface area (Å²) in [7, 11) is 0. The fourth-order valence-electron chi connectivity index (χ4n) is 2.12. The van der Waals surface area contributed by atoms with E-state index in [0.717, 1.165) is 43.3 Å². The van der Waals surface area contributed by atoms with Crippen molar-refractivity contribution in [3.8, 4) is 5.75 Å². The molecule has 21 heavy (non-hydrogen) atoms. The van der Waals surface area contributed by atoms with E-state index in [-0.39, 0.29) is 0 Å². The summed E-state index contributed by atoms with van der Waals surface area (Å²) in [6.07, 6.45) is 2.01. The highest BCUT2D eigenvalue weighted by molar-refractivity contribution is 6.30. The summed E-state index contributed by atoms with van der Waals surface area (Å²) in [5.41, 5.74) is 2.50. The molecule has 0 fully saturated rings. The fraction of sp³-hybridized carbons (Fsp3) is 0.333. The second-order valence-corrected chi connectivity index (χ2v) is 5.49. The lowest BCUT2D eigenvalue weighted by molar-refractivity contribution is 0.317. The third-order valence-corrected chi connectivity index (χ3v) is 3.42. The van der Waals surface area contributed by atoms with E-state index in [2.05, 4.69) is 30.4 Å². The molecule has 0 spiro atoms. The van der Waals surface area contributed by atoms with Gasteiger partial charge in [0.05, 0.1) is 6.61 Å². The van der Waals surface area contributed by atoms with Crippen LogP contribution in [0.15, 0.2) is 48.5 Å². The highest BCUT2D eigenvalue weighted by atomic mass is 35.5. The first kappa shape index (κ1) is 15.9. The molecule has 0 amide bonds. The SMILES string of the molecule is CCCOc1cccc(CNCCc2cccc(Cl)c2)c1. The Morgan fingerprint density at radius 3 is 2.67 bits per heavy atom. The third kappa shape index (κ3) is 5.78. The Bertz CT molecular complexity index is 556. The Hall–Kier alpha value is -1.51. The van der Waals surface area contributed by atoms with E-state index in [9.17, 15) is 0 Å².